The van der Waals surface area contributed by atoms with Crippen molar-refractivity contribution >= 4 is 66.6 Å². The molecule has 5 nitrogen and oxygen atoms in total. The van der Waals surface area contributed by atoms with Crippen LogP contribution < -0.4 is 5.73 Å². The molecule has 5 aromatic rings. The Morgan fingerprint density at radius 3 is 2.17 bits per heavy atom. The average Bonchev–Trinajstić information content (AvgIpc) is 3.39. The van der Waals surface area contributed by atoms with Crippen LogP contribution in [0.3, 0.4) is 0 Å². The van der Waals surface area contributed by atoms with Gasteiger partial charge >= 0.3 is 0 Å². The molecule has 0 aliphatic heterocycles. The van der Waals surface area contributed by atoms with Crippen molar-refractivity contribution in [2.45, 2.75) is 6.92 Å². The van der Waals surface area contributed by atoms with Gasteiger partial charge in [0.2, 0.25) is 0 Å². The fraction of sp³-hybridized carbons (Fsp3) is 0.0476. The van der Waals surface area contributed by atoms with Crippen molar-refractivity contribution in [3.05, 3.63) is 75.5 Å². The van der Waals surface area contributed by atoms with Gasteiger partial charge in [-0.2, -0.15) is 0 Å². The lowest BCUT2D eigenvalue weighted by Gasteiger charge is -2.09. The number of fused-ring (bicyclic) bond motifs is 2. The van der Waals surface area contributed by atoms with Crippen molar-refractivity contribution in [3.63, 3.8) is 0 Å². The molecule has 5 rings (SSSR count). The van der Waals surface area contributed by atoms with Crippen LogP contribution in [0.5, 0.6) is 0 Å². The fourth-order valence-electron chi connectivity index (χ4n) is 3.17. The lowest BCUT2D eigenvalue weighted by molar-refractivity contribution is 1.32. The third-order valence-corrected chi connectivity index (χ3v) is 5.92. The maximum atomic E-state index is 6.06. The Morgan fingerprint density at radius 2 is 1.48 bits per heavy atom. The van der Waals surface area contributed by atoms with E-state index in [1.54, 1.807) is 12.4 Å². The molecule has 146 valence electrons. The average molecular weight is 489 g/mol. The number of hydrogen-bond donors (Lipinski definition) is 3. The summed E-state index contributed by atoms with van der Waals surface area (Å²) in [6, 6.07) is 9.85. The van der Waals surface area contributed by atoms with Crippen LogP contribution in [0.25, 0.3) is 32.9 Å². The number of benzene rings is 1. The number of hydrogen-bond acceptors (Lipinski definition) is 3. The van der Waals surface area contributed by atoms with Gasteiger partial charge in [0.25, 0.3) is 0 Å². The molecule has 29 heavy (non-hydrogen) atoms. The van der Waals surface area contributed by atoms with Crippen LogP contribution in [-0.4, -0.2) is 19.9 Å². The lowest BCUT2D eigenvalue weighted by atomic mass is 9.98. The van der Waals surface area contributed by atoms with Crippen molar-refractivity contribution in [2.24, 2.45) is 0 Å². The third-order valence-electron chi connectivity index (χ3n) is 4.72. The van der Waals surface area contributed by atoms with Gasteiger partial charge in [0.05, 0.1) is 11.0 Å². The number of nitrogens with one attached hydrogen (secondary N) is 2. The predicted octanol–water partition coefficient (Wildman–Crippen LogP) is 6.75. The Kier molecular flexibility index (Phi) is 5.50. The number of pyridine rings is 2. The number of halogens is 3. The first-order valence-electron chi connectivity index (χ1n) is 8.71. The van der Waals surface area contributed by atoms with Crippen LogP contribution in [0.1, 0.15) is 5.56 Å². The molecule has 0 aliphatic carbocycles. The van der Waals surface area contributed by atoms with Gasteiger partial charge in [-0.3, -0.25) is 0 Å². The van der Waals surface area contributed by atoms with E-state index in [1.807, 2.05) is 49.6 Å². The summed E-state index contributed by atoms with van der Waals surface area (Å²) < 4.78 is 0.957. The molecular weight excluding hydrogens is 473 g/mol. The number of H-pyrrole nitrogens is 2. The standard InChI is InChI=1S/C14H12ClN3.C7H4BrClN2/c1-8-9(3-2-4-12(8)16)11-7-18-14(15)13-10(11)5-6-17-13;8-5-3-11-7(9)6-4(5)1-2-10-6/h2-7,17H,16H2,1H3;1-3,10H. The summed E-state index contributed by atoms with van der Waals surface area (Å²) in [7, 11) is 0. The molecule has 0 spiro atoms. The monoisotopic (exact) mass is 487 g/mol. The first-order chi connectivity index (χ1) is 14.0. The summed E-state index contributed by atoms with van der Waals surface area (Å²) in [6.07, 6.45) is 7.19. The van der Waals surface area contributed by atoms with E-state index >= 15 is 0 Å². The topological polar surface area (TPSA) is 83.4 Å². The van der Waals surface area contributed by atoms with Gasteiger partial charge < -0.3 is 15.7 Å². The van der Waals surface area contributed by atoms with E-state index in [-0.39, 0.29) is 0 Å². The van der Waals surface area contributed by atoms with Crippen molar-refractivity contribution in [1.29, 1.82) is 0 Å². The lowest BCUT2D eigenvalue weighted by Crippen LogP contribution is -1.93. The van der Waals surface area contributed by atoms with E-state index in [9.17, 15) is 0 Å². The van der Waals surface area contributed by atoms with Crippen molar-refractivity contribution in [3.8, 4) is 11.1 Å². The van der Waals surface area contributed by atoms with E-state index in [2.05, 4.69) is 35.9 Å². The van der Waals surface area contributed by atoms with Crippen LogP contribution in [-0.2, 0) is 0 Å². The van der Waals surface area contributed by atoms with Crippen molar-refractivity contribution in [1.82, 2.24) is 19.9 Å². The maximum Gasteiger partial charge on any atom is 0.153 e. The molecule has 0 amide bonds. The molecule has 0 radical (unpaired) electrons. The molecule has 0 fully saturated rings. The second kappa shape index (κ2) is 8.06. The molecular formula is C21H16BrCl2N5. The molecule has 0 atom stereocenters. The fourth-order valence-corrected chi connectivity index (χ4v) is 4.01. The summed E-state index contributed by atoms with van der Waals surface area (Å²) >= 11 is 15.2. The molecule has 1 aromatic carbocycles. The Morgan fingerprint density at radius 1 is 0.862 bits per heavy atom. The van der Waals surface area contributed by atoms with Gasteiger partial charge in [-0.1, -0.05) is 35.3 Å². The summed E-state index contributed by atoms with van der Waals surface area (Å²) in [4.78, 5) is 14.3. The minimum Gasteiger partial charge on any atom is -0.398 e. The van der Waals surface area contributed by atoms with Gasteiger partial charge in [0.1, 0.15) is 0 Å². The van der Waals surface area contributed by atoms with Gasteiger partial charge in [-0.05, 0) is 52.2 Å². The van der Waals surface area contributed by atoms with E-state index in [0.29, 0.717) is 10.3 Å². The molecule has 0 saturated heterocycles. The summed E-state index contributed by atoms with van der Waals surface area (Å²) in [5.74, 6) is 0. The van der Waals surface area contributed by atoms with Crippen LogP contribution in [0.4, 0.5) is 5.69 Å². The van der Waals surface area contributed by atoms with E-state index in [0.717, 1.165) is 48.7 Å². The molecule has 0 saturated carbocycles. The molecule has 0 unspecified atom stereocenters. The third kappa shape index (κ3) is 3.71. The Balaban J connectivity index is 0.000000159. The SMILES string of the molecule is Cc1c(N)cccc1-c1cnc(Cl)c2[nH]ccc12.Clc1ncc(Br)c2cc[nH]c12. The molecule has 0 aliphatic rings. The maximum absolute atomic E-state index is 6.06. The summed E-state index contributed by atoms with van der Waals surface area (Å²) in [5, 5.41) is 3.11. The summed E-state index contributed by atoms with van der Waals surface area (Å²) in [5.41, 5.74) is 11.7. The van der Waals surface area contributed by atoms with Crippen LogP contribution in [0.15, 0.2) is 59.6 Å². The van der Waals surface area contributed by atoms with Crippen LogP contribution >= 0.6 is 39.1 Å². The zero-order valence-corrected chi connectivity index (χ0v) is 18.4. The smallest absolute Gasteiger partial charge is 0.153 e. The number of rotatable bonds is 1. The zero-order chi connectivity index (χ0) is 20.5. The molecule has 4 N–H and O–H groups in total. The zero-order valence-electron chi connectivity index (χ0n) is 15.3. The highest BCUT2D eigenvalue weighted by Crippen LogP contribution is 2.34. The number of nitrogen functional groups attached to an aromatic ring is 1. The molecule has 8 heteroatoms. The number of nitrogens with zero attached hydrogens (tertiary/aromatic N) is 2. The minimum atomic E-state index is 0.486. The Labute approximate surface area is 185 Å². The van der Waals surface area contributed by atoms with Gasteiger partial charge in [-0.15, -0.1) is 0 Å². The highest BCUT2D eigenvalue weighted by atomic mass is 79.9. The first kappa shape index (κ1) is 19.8. The van der Waals surface area contributed by atoms with Crippen molar-refractivity contribution < 1.29 is 0 Å². The van der Waals surface area contributed by atoms with E-state index in [1.165, 1.54) is 0 Å². The summed E-state index contributed by atoms with van der Waals surface area (Å²) in [6.45, 7) is 2.01. The highest BCUT2D eigenvalue weighted by molar-refractivity contribution is 9.10. The normalized spacial score (nSPS) is 10.9. The van der Waals surface area contributed by atoms with Gasteiger partial charge in [-0.25, -0.2) is 9.97 Å². The quantitative estimate of drug-likeness (QED) is 0.180. The number of aromatic nitrogens is 4. The Bertz CT molecular complexity index is 1290. The highest BCUT2D eigenvalue weighted by Gasteiger charge is 2.11. The van der Waals surface area contributed by atoms with Crippen LogP contribution in [0, 0.1) is 6.92 Å². The number of anilines is 1. The molecule has 4 aromatic heterocycles. The number of aromatic amines is 2. The molecule has 4 heterocycles. The molecule has 0 bridgehead atoms. The minimum absolute atomic E-state index is 0.486. The van der Waals surface area contributed by atoms with Crippen LogP contribution in [0.2, 0.25) is 10.3 Å². The van der Waals surface area contributed by atoms with Gasteiger partial charge in [0, 0.05) is 51.3 Å². The van der Waals surface area contributed by atoms with Gasteiger partial charge in [0.15, 0.2) is 10.3 Å². The Hall–Kier alpha value is -2.54. The predicted molar refractivity (Wildman–Crippen MR) is 124 cm³/mol. The van der Waals surface area contributed by atoms with E-state index in [4.69, 9.17) is 28.9 Å². The second-order valence-electron chi connectivity index (χ2n) is 6.41. The van der Waals surface area contributed by atoms with E-state index < -0.39 is 0 Å². The first-order valence-corrected chi connectivity index (χ1v) is 10.3. The van der Waals surface area contributed by atoms with Crippen molar-refractivity contribution in [2.75, 3.05) is 5.73 Å². The second-order valence-corrected chi connectivity index (χ2v) is 7.98. The largest absolute Gasteiger partial charge is 0.398 e. The number of nitrogens with two attached hydrogens (primary N) is 1.